The molecule has 0 bridgehead atoms. The van der Waals surface area contributed by atoms with E-state index in [1.54, 1.807) is 6.08 Å². The fourth-order valence-electron chi connectivity index (χ4n) is 8.32. The van der Waals surface area contributed by atoms with Crippen molar-refractivity contribution in [3.05, 3.63) is 12.2 Å². The average molecular weight is 384 g/mol. The molecule has 7 atom stereocenters. The van der Waals surface area contributed by atoms with E-state index in [-0.39, 0.29) is 29.2 Å². The number of Topliss-reactive ketones (excluding diaryl/α,β-unsaturated/α-hetero) is 1. The topological polar surface area (TPSA) is 46.2 Å². The van der Waals surface area contributed by atoms with Crippen molar-refractivity contribution in [2.24, 2.45) is 40.4 Å². The third-order valence-corrected chi connectivity index (χ3v) is 9.90. The Labute approximate surface area is 170 Å². The minimum Gasteiger partial charge on any atom is -0.349 e. The average Bonchev–Trinajstić information content (AvgIpc) is 3.10. The molecule has 0 radical (unpaired) electrons. The summed E-state index contributed by atoms with van der Waals surface area (Å²) < 4.78 is 0. The number of fused-ring (bicyclic) bond motifs is 5. The molecular weight excluding hydrogens is 346 g/mol. The summed E-state index contributed by atoms with van der Waals surface area (Å²) in [5.41, 5.74) is 0.461. The van der Waals surface area contributed by atoms with Crippen LogP contribution in [0.25, 0.3) is 0 Å². The lowest BCUT2D eigenvalue weighted by atomic mass is 9.45. The van der Waals surface area contributed by atoms with Crippen molar-refractivity contribution >= 4 is 11.7 Å². The van der Waals surface area contributed by atoms with Crippen molar-refractivity contribution in [2.45, 2.75) is 90.5 Å². The Bertz CT molecular complexity index is 693. The van der Waals surface area contributed by atoms with E-state index in [9.17, 15) is 9.59 Å². The smallest absolute Gasteiger partial charge is 0.243 e. The van der Waals surface area contributed by atoms with E-state index < -0.39 is 0 Å². The second kappa shape index (κ2) is 6.71. The van der Waals surface area contributed by atoms with Crippen LogP contribution >= 0.6 is 0 Å². The summed E-state index contributed by atoms with van der Waals surface area (Å²) in [7, 11) is 0. The molecule has 154 valence electrons. The molecule has 1 N–H and O–H groups in total. The summed E-state index contributed by atoms with van der Waals surface area (Å²) in [6.07, 6.45) is 17.3. The predicted octanol–water partition coefficient (Wildman–Crippen LogP) is 5.05. The van der Waals surface area contributed by atoms with E-state index in [4.69, 9.17) is 0 Å². The maximum atomic E-state index is 13.8. The second-order valence-corrected chi connectivity index (χ2v) is 11.2. The molecule has 1 heterocycles. The van der Waals surface area contributed by atoms with Crippen LogP contribution in [0.4, 0.5) is 0 Å². The lowest BCUT2D eigenvalue weighted by Crippen LogP contribution is -2.63. The van der Waals surface area contributed by atoms with Crippen LogP contribution < -0.4 is 5.32 Å². The molecule has 5 rings (SSSR count). The van der Waals surface area contributed by atoms with Crippen molar-refractivity contribution < 1.29 is 9.59 Å². The van der Waals surface area contributed by atoms with Crippen LogP contribution in [-0.4, -0.2) is 17.7 Å². The molecule has 1 aliphatic heterocycles. The van der Waals surface area contributed by atoms with E-state index in [2.05, 4.69) is 25.2 Å². The van der Waals surface area contributed by atoms with Gasteiger partial charge < -0.3 is 5.32 Å². The fraction of sp³-hybridized carbons (Fsp3) is 0.840. The molecule has 1 amide bonds. The molecule has 3 heteroatoms. The van der Waals surface area contributed by atoms with E-state index in [0.29, 0.717) is 29.0 Å². The number of hydrogen-bond acceptors (Lipinski definition) is 2. The second-order valence-electron chi connectivity index (χ2n) is 11.2. The first-order valence-electron chi connectivity index (χ1n) is 12.0. The van der Waals surface area contributed by atoms with Gasteiger partial charge in [0.25, 0.3) is 0 Å². The van der Waals surface area contributed by atoms with Gasteiger partial charge in [-0.15, -0.1) is 0 Å². The van der Waals surface area contributed by atoms with Crippen molar-refractivity contribution in [2.75, 3.05) is 0 Å². The first-order chi connectivity index (χ1) is 13.4. The maximum absolute atomic E-state index is 13.8. The quantitative estimate of drug-likeness (QED) is 0.725. The predicted molar refractivity (Wildman–Crippen MR) is 111 cm³/mol. The monoisotopic (exact) mass is 383 g/mol. The summed E-state index contributed by atoms with van der Waals surface area (Å²) in [4.78, 5) is 26.0. The van der Waals surface area contributed by atoms with Gasteiger partial charge in [0.2, 0.25) is 5.91 Å². The zero-order chi connectivity index (χ0) is 19.5. The first-order valence-corrected chi connectivity index (χ1v) is 12.0. The molecular formula is C25H37NO2. The Morgan fingerprint density at radius 2 is 1.79 bits per heavy atom. The molecule has 28 heavy (non-hydrogen) atoms. The van der Waals surface area contributed by atoms with Gasteiger partial charge in [0.05, 0.1) is 0 Å². The van der Waals surface area contributed by atoms with Crippen LogP contribution in [0.1, 0.15) is 84.5 Å². The molecule has 0 unspecified atom stereocenters. The summed E-state index contributed by atoms with van der Waals surface area (Å²) in [5.74, 6) is 2.82. The SMILES string of the molecule is C[C@@]12CCC[C@H]1[C@@H]1[C@@H](C(=O)C3CCCCC3)C[C@H]3NC(=O)C=C[C@]3(C)[C@H]1CC2. The minimum absolute atomic E-state index is 0.0197. The normalized spacial score (nSPS) is 48.4. The van der Waals surface area contributed by atoms with Gasteiger partial charge in [-0.25, -0.2) is 0 Å². The van der Waals surface area contributed by atoms with Crippen molar-refractivity contribution in [1.82, 2.24) is 5.32 Å². The molecule has 4 saturated carbocycles. The van der Waals surface area contributed by atoms with Gasteiger partial charge in [-0.2, -0.15) is 0 Å². The zero-order valence-electron chi connectivity index (χ0n) is 17.7. The Morgan fingerprint density at radius 3 is 2.57 bits per heavy atom. The van der Waals surface area contributed by atoms with Gasteiger partial charge >= 0.3 is 0 Å². The van der Waals surface area contributed by atoms with Crippen molar-refractivity contribution in [3.8, 4) is 0 Å². The summed E-state index contributed by atoms with van der Waals surface area (Å²) in [5, 5.41) is 3.27. The molecule has 0 aromatic rings. The van der Waals surface area contributed by atoms with Crippen LogP contribution in [0.2, 0.25) is 0 Å². The highest BCUT2D eigenvalue weighted by Crippen LogP contribution is 2.65. The number of carbonyl (C=O) groups excluding carboxylic acids is 2. The molecule has 5 aliphatic rings. The molecule has 0 aromatic heterocycles. The van der Waals surface area contributed by atoms with E-state index in [1.165, 1.54) is 51.4 Å². The highest BCUT2D eigenvalue weighted by Gasteiger charge is 2.61. The summed E-state index contributed by atoms with van der Waals surface area (Å²) in [6.45, 7) is 4.88. The molecule has 0 aromatic carbocycles. The number of amides is 1. The number of hydrogen-bond donors (Lipinski definition) is 1. The Kier molecular flexibility index (Phi) is 4.52. The van der Waals surface area contributed by atoms with Gasteiger partial charge in [-0.1, -0.05) is 45.6 Å². The van der Waals surface area contributed by atoms with Crippen LogP contribution in [0, 0.1) is 40.4 Å². The summed E-state index contributed by atoms with van der Waals surface area (Å²) in [6, 6.07) is 0.134. The minimum atomic E-state index is 0.0197. The highest BCUT2D eigenvalue weighted by atomic mass is 16.1. The van der Waals surface area contributed by atoms with Crippen LogP contribution in [0.5, 0.6) is 0 Å². The fourth-order valence-corrected chi connectivity index (χ4v) is 8.32. The molecule has 3 nitrogen and oxygen atoms in total. The Hall–Kier alpha value is -1.12. The molecule has 0 saturated heterocycles. The van der Waals surface area contributed by atoms with E-state index in [0.717, 1.165) is 19.3 Å². The lowest BCUT2D eigenvalue weighted by Gasteiger charge is -2.60. The van der Waals surface area contributed by atoms with Gasteiger partial charge in [0, 0.05) is 23.3 Å². The number of ketones is 1. The first kappa shape index (κ1) is 18.9. The van der Waals surface area contributed by atoms with Crippen LogP contribution in [-0.2, 0) is 9.59 Å². The maximum Gasteiger partial charge on any atom is 0.243 e. The van der Waals surface area contributed by atoms with Crippen molar-refractivity contribution in [1.29, 1.82) is 0 Å². The van der Waals surface area contributed by atoms with Gasteiger partial charge in [0.1, 0.15) is 5.78 Å². The van der Waals surface area contributed by atoms with Gasteiger partial charge in [0.15, 0.2) is 0 Å². The van der Waals surface area contributed by atoms with Gasteiger partial charge in [-0.3, -0.25) is 9.59 Å². The standard InChI is InChI=1S/C25H37NO2/c1-24-12-6-9-18(24)22-17(23(28)16-7-4-3-5-8-16)15-20-25(2,19(22)10-13-24)14-11-21(27)26-20/h11,14,16-20,22H,3-10,12-13,15H2,1-2H3,(H,26,27)/t17-,18-,19-,20+,22-,24-,25+/m0/s1. The lowest BCUT2D eigenvalue weighted by molar-refractivity contribution is -0.146. The Balaban J connectivity index is 1.53. The van der Waals surface area contributed by atoms with E-state index >= 15 is 0 Å². The highest BCUT2D eigenvalue weighted by molar-refractivity contribution is 5.89. The molecule has 4 aliphatic carbocycles. The van der Waals surface area contributed by atoms with E-state index in [1.807, 2.05) is 0 Å². The summed E-state index contributed by atoms with van der Waals surface area (Å²) >= 11 is 0. The van der Waals surface area contributed by atoms with Crippen molar-refractivity contribution in [3.63, 3.8) is 0 Å². The zero-order valence-corrected chi connectivity index (χ0v) is 17.7. The largest absolute Gasteiger partial charge is 0.349 e. The van der Waals surface area contributed by atoms with Crippen LogP contribution in [0.15, 0.2) is 12.2 Å². The Morgan fingerprint density at radius 1 is 1.00 bits per heavy atom. The van der Waals surface area contributed by atoms with Crippen LogP contribution in [0.3, 0.4) is 0 Å². The third-order valence-electron chi connectivity index (χ3n) is 9.90. The number of nitrogens with one attached hydrogen (secondary N) is 1. The number of rotatable bonds is 2. The molecule has 4 fully saturated rings. The van der Waals surface area contributed by atoms with Gasteiger partial charge in [-0.05, 0) is 74.2 Å². The molecule has 0 spiro atoms. The third kappa shape index (κ3) is 2.75. The number of carbonyl (C=O) groups is 2.